The van der Waals surface area contributed by atoms with Crippen LogP contribution in [0, 0.1) is 0 Å². The standard InChI is InChI=1S/C13H13N3O3/c1-16-6-5-14-12(13(16)17)15-7-9-3-2-4-10-11(9)19-8-18-10/h2-6H,7-8H2,1H3,(H,14,15). The van der Waals surface area contributed by atoms with Crippen LogP contribution in [0.5, 0.6) is 11.5 Å². The van der Waals surface area contributed by atoms with Crippen molar-refractivity contribution in [2.75, 3.05) is 12.1 Å². The van der Waals surface area contributed by atoms with E-state index >= 15 is 0 Å². The van der Waals surface area contributed by atoms with Gasteiger partial charge in [0.05, 0.1) is 0 Å². The largest absolute Gasteiger partial charge is 0.454 e. The minimum absolute atomic E-state index is 0.160. The molecule has 0 atom stereocenters. The lowest BCUT2D eigenvalue weighted by molar-refractivity contribution is 0.173. The van der Waals surface area contributed by atoms with Gasteiger partial charge in [0.1, 0.15) is 0 Å². The normalized spacial score (nSPS) is 12.5. The van der Waals surface area contributed by atoms with Gasteiger partial charge in [-0.15, -0.1) is 0 Å². The van der Waals surface area contributed by atoms with Gasteiger partial charge in [0.15, 0.2) is 17.3 Å². The molecule has 0 bridgehead atoms. The zero-order valence-electron chi connectivity index (χ0n) is 10.4. The predicted molar refractivity (Wildman–Crippen MR) is 69.4 cm³/mol. The third kappa shape index (κ3) is 2.12. The lowest BCUT2D eigenvalue weighted by Gasteiger charge is -2.08. The Hall–Kier alpha value is -2.50. The molecule has 1 aliphatic heterocycles. The summed E-state index contributed by atoms with van der Waals surface area (Å²) in [6, 6.07) is 5.67. The van der Waals surface area contributed by atoms with Gasteiger partial charge in [0.25, 0.3) is 5.56 Å². The Morgan fingerprint density at radius 2 is 2.32 bits per heavy atom. The van der Waals surface area contributed by atoms with Crippen LogP contribution >= 0.6 is 0 Å². The number of aromatic nitrogens is 2. The number of nitrogens with one attached hydrogen (secondary N) is 1. The molecule has 19 heavy (non-hydrogen) atoms. The van der Waals surface area contributed by atoms with Crippen molar-refractivity contribution in [2.24, 2.45) is 7.05 Å². The van der Waals surface area contributed by atoms with Crippen molar-refractivity contribution in [1.82, 2.24) is 9.55 Å². The van der Waals surface area contributed by atoms with Crippen molar-refractivity contribution in [3.05, 3.63) is 46.5 Å². The zero-order chi connectivity index (χ0) is 13.2. The van der Waals surface area contributed by atoms with Gasteiger partial charge >= 0.3 is 0 Å². The van der Waals surface area contributed by atoms with Crippen LogP contribution in [0.1, 0.15) is 5.56 Å². The minimum Gasteiger partial charge on any atom is -0.454 e. The number of fused-ring (bicyclic) bond motifs is 1. The molecule has 0 fully saturated rings. The van der Waals surface area contributed by atoms with Crippen LogP contribution in [0.4, 0.5) is 5.82 Å². The summed E-state index contributed by atoms with van der Waals surface area (Å²) >= 11 is 0. The summed E-state index contributed by atoms with van der Waals surface area (Å²) in [6.07, 6.45) is 3.20. The molecule has 2 aromatic rings. The molecule has 0 saturated carbocycles. The number of hydrogen-bond donors (Lipinski definition) is 1. The Morgan fingerprint density at radius 3 is 3.21 bits per heavy atom. The van der Waals surface area contributed by atoms with Crippen LogP contribution in [0.3, 0.4) is 0 Å². The molecular weight excluding hydrogens is 246 g/mol. The minimum atomic E-state index is -0.160. The first kappa shape index (κ1) is 11.6. The second-order valence-corrected chi connectivity index (χ2v) is 4.20. The summed E-state index contributed by atoms with van der Waals surface area (Å²) in [4.78, 5) is 15.8. The van der Waals surface area contributed by atoms with Gasteiger partial charge < -0.3 is 19.4 Å². The second kappa shape index (κ2) is 4.64. The van der Waals surface area contributed by atoms with Crippen molar-refractivity contribution in [3.8, 4) is 11.5 Å². The lowest BCUT2D eigenvalue weighted by atomic mass is 10.2. The van der Waals surface area contributed by atoms with Crippen LogP contribution in [0.15, 0.2) is 35.4 Å². The molecule has 1 N–H and O–H groups in total. The van der Waals surface area contributed by atoms with Gasteiger partial charge in [-0.05, 0) is 6.07 Å². The summed E-state index contributed by atoms with van der Waals surface area (Å²) in [7, 11) is 1.69. The van der Waals surface area contributed by atoms with Crippen molar-refractivity contribution in [1.29, 1.82) is 0 Å². The molecular formula is C13H13N3O3. The van der Waals surface area contributed by atoms with E-state index in [0.29, 0.717) is 12.4 Å². The molecule has 6 nitrogen and oxygen atoms in total. The maximum Gasteiger partial charge on any atom is 0.293 e. The number of ether oxygens (including phenoxy) is 2. The van der Waals surface area contributed by atoms with Crippen molar-refractivity contribution in [2.45, 2.75) is 6.54 Å². The third-order valence-electron chi connectivity index (χ3n) is 2.94. The first-order valence-corrected chi connectivity index (χ1v) is 5.89. The molecule has 0 radical (unpaired) electrons. The van der Waals surface area contributed by atoms with Crippen LogP contribution in [-0.4, -0.2) is 16.3 Å². The van der Waals surface area contributed by atoms with E-state index in [2.05, 4.69) is 10.3 Å². The summed E-state index contributed by atoms with van der Waals surface area (Å²) in [6.45, 7) is 0.691. The molecule has 2 heterocycles. The summed E-state index contributed by atoms with van der Waals surface area (Å²) in [5, 5.41) is 3.02. The van der Waals surface area contributed by atoms with Gasteiger partial charge in [0.2, 0.25) is 6.79 Å². The molecule has 1 aromatic heterocycles. The first-order chi connectivity index (χ1) is 9.25. The summed E-state index contributed by atoms with van der Waals surface area (Å²) in [5.41, 5.74) is 0.773. The van der Waals surface area contributed by atoms with Crippen LogP contribution in [-0.2, 0) is 13.6 Å². The van der Waals surface area contributed by atoms with Gasteiger partial charge in [-0.25, -0.2) is 4.98 Å². The molecule has 0 saturated heterocycles. The quantitative estimate of drug-likeness (QED) is 0.894. The maximum absolute atomic E-state index is 11.8. The molecule has 0 aliphatic carbocycles. The molecule has 6 heteroatoms. The van der Waals surface area contributed by atoms with E-state index in [4.69, 9.17) is 9.47 Å². The monoisotopic (exact) mass is 259 g/mol. The predicted octanol–water partition coefficient (Wildman–Crippen LogP) is 1.12. The third-order valence-corrected chi connectivity index (χ3v) is 2.94. The Bertz CT molecular complexity index is 666. The highest BCUT2D eigenvalue weighted by Gasteiger charge is 2.17. The molecule has 0 unspecified atom stereocenters. The van der Waals surface area contributed by atoms with Crippen LogP contribution < -0.4 is 20.3 Å². The van der Waals surface area contributed by atoms with Crippen molar-refractivity contribution in [3.63, 3.8) is 0 Å². The van der Waals surface area contributed by atoms with E-state index in [1.54, 1.807) is 19.4 Å². The van der Waals surface area contributed by atoms with Crippen molar-refractivity contribution >= 4 is 5.82 Å². The van der Waals surface area contributed by atoms with E-state index in [0.717, 1.165) is 17.1 Å². The Balaban J connectivity index is 1.82. The molecule has 0 amide bonds. The number of para-hydroxylation sites is 1. The van der Waals surface area contributed by atoms with E-state index in [1.807, 2.05) is 18.2 Å². The fourth-order valence-electron chi connectivity index (χ4n) is 1.93. The maximum atomic E-state index is 11.8. The molecule has 98 valence electrons. The molecule has 0 spiro atoms. The average molecular weight is 259 g/mol. The zero-order valence-corrected chi connectivity index (χ0v) is 10.4. The molecule has 3 rings (SSSR count). The fraction of sp³-hybridized carbons (Fsp3) is 0.231. The fourth-order valence-corrected chi connectivity index (χ4v) is 1.93. The number of rotatable bonds is 3. The van der Waals surface area contributed by atoms with Gasteiger partial charge in [0, 0.05) is 31.5 Å². The number of benzene rings is 1. The van der Waals surface area contributed by atoms with E-state index in [-0.39, 0.29) is 12.4 Å². The average Bonchev–Trinajstić information content (AvgIpc) is 2.89. The highest BCUT2D eigenvalue weighted by molar-refractivity contribution is 5.49. The van der Waals surface area contributed by atoms with Gasteiger partial charge in [-0.3, -0.25) is 4.79 Å². The number of hydrogen-bond acceptors (Lipinski definition) is 5. The van der Waals surface area contributed by atoms with E-state index < -0.39 is 0 Å². The highest BCUT2D eigenvalue weighted by atomic mass is 16.7. The number of anilines is 1. The Kier molecular flexibility index (Phi) is 2.83. The second-order valence-electron chi connectivity index (χ2n) is 4.20. The van der Waals surface area contributed by atoms with Crippen LogP contribution in [0.2, 0.25) is 0 Å². The molecule has 1 aliphatic rings. The van der Waals surface area contributed by atoms with E-state index in [1.165, 1.54) is 4.57 Å². The highest BCUT2D eigenvalue weighted by Crippen LogP contribution is 2.35. The SMILES string of the molecule is Cn1ccnc(NCc2cccc3c2OCO3)c1=O. The van der Waals surface area contributed by atoms with Crippen LogP contribution in [0.25, 0.3) is 0 Å². The van der Waals surface area contributed by atoms with Gasteiger partial charge in [-0.2, -0.15) is 0 Å². The first-order valence-electron chi connectivity index (χ1n) is 5.89. The van der Waals surface area contributed by atoms with E-state index in [9.17, 15) is 4.79 Å². The smallest absolute Gasteiger partial charge is 0.293 e. The van der Waals surface area contributed by atoms with Crippen molar-refractivity contribution < 1.29 is 9.47 Å². The van der Waals surface area contributed by atoms with Gasteiger partial charge in [-0.1, -0.05) is 12.1 Å². The molecule has 1 aromatic carbocycles. The summed E-state index contributed by atoms with van der Waals surface area (Å²) in [5.74, 6) is 1.78. The topological polar surface area (TPSA) is 65.4 Å². The lowest BCUT2D eigenvalue weighted by Crippen LogP contribution is -2.21. The summed E-state index contributed by atoms with van der Waals surface area (Å²) < 4.78 is 12.2. The number of aryl methyl sites for hydroxylation is 1. The Labute approximate surface area is 109 Å². The number of nitrogens with zero attached hydrogens (tertiary/aromatic N) is 2. The Morgan fingerprint density at radius 1 is 1.42 bits per heavy atom.